The van der Waals surface area contributed by atoms with Crippen LogP contribution in [0.15, 0.2) is 42.5 Å². The number of nitrogens with one attached hydrogen (secondary N) is 2. The number of aromatic amines is 1. The van der Waals surface area contributed by atoms with Gasteiger partial charge >= 0.3 is 0 Å². The van der Waals surface area contributed by atoms with Crippen molar-refractivity contribution in [2.45, 2.75) is 19.3 Å². The average Bonchev–Trinajstić information content (AvgIpc) is 3.19. The number of ether oxygens (including phenoxy) is 3. The molecule has 6 nitrogen and oxygen atoms in total. The van der Waals surface area contributed by atoms with Crippen LogP contribution in [-0.4, -0.2) is 38.8 Å². The van der Waals surface area contributed by atoms with Gasteiger partial charge in [0.15, 0.2) is 11.5 Å². The van der Waals surface area contributed by atoms with E-state index in [1.165, 1.54) is 5.56 Å². The zero-order valence-electron chi connectivity index (χ0n) is 16.7. The van der Waals surface area contributed by atoms with Crippen molar-refractivity contribution in [2.24, 2.45) is 0 Å². The van der Waals surface area contributed by atoms with E-state index < -0.39 is 0 Å². The van der Waals surface area contributed by atoms with E-state index >= 15 is 0 Å². The molecule has 2 aromatic carbocycles. The summed E-state index contributed by atoms with van der Waals surface area (Å²) in [6.45, 7) is 2.68. The van der Waals surface area contributed by atoms with Crippen LogP contribution < -0.4 is 19.5 Å². The molecule has 0 aliphatic rings. The van der Waals surface area contributed by atoms with Gasteiger partial charge in [-0.25, -0.2) is 0 Å². The molecule has 6 heteroatoms. The highest BCUT2D eigenvalue weighted by Crippen LogP contribution is 2.41. The quantitative estimate of drug-likeness (QED) is 0.615. The maximum Gasteiger partial charge on any atom is 0.267 e. The van der Waals surface area contributed by atoms with Gasteiger partial charge < -0.3 is 24.5 Å². The fourth-order valence-electron chi connectivity index (χ4n) is 3.39. The number of aromatic nitrogens is 1. The molecule has 0 aliphatic carbocycles. The van der Waals surface area contributed by atoms with E-state index in [1.54, 1.807) is 33.5 Å². The Morgan fingerprint density at radius 1 is 1.04 bits per heavy atom. The number of fused-ring (bicyclic) bond motifs is 1. The maximum atomic E-state index is 12.8. The molecule has 0 unspecified atom stereocenters. The molecule has 0 radical (unpaired) electrons. The molecule has 3 aromatic rings. The lowest BCUT2D eigenvalue weighted by Crippen LogP contribution is -2.28. The molecule has 148 valence electrons. The molecule has 28 heavy (non-hydrogen) atoms. The second-order valence-electron chi connectivity index (χ2n) is 6.51. The van der Waals surface area contributed by atoms with Crippen LogP contribution in [0.3, 0.4) is 0 Å². The number of hydrogen-bond donors (Lipinski definition) is 2. The van der Waals surface area contributed by atoms with E-state index in [4.69, 9.17) is 14.2 Å². The van der Waals surface area contributed by atoms with Crippen LogP contribution in [0.5, 0.6) is 17.2 Å². The third-order valence-electron chi connectivity index (χ3n) is 4.96. The van der Waals surface area contributed by atoms with E-state index in [-0.39, 0.29) is 11.8 Å². The lowest BCUT2D eigenvalue weighted by molar-refractivity contribution is 0.0946. The van der Waals surface area contributed by atoms with Crippen LogP contribution in [0.1, 0.15) is 35.3 Å². The number of carbonyl (C=O) groups excluding carboxylic acids is 1. The van der Waals surface area contributed by atoms with Gasteiger partial charge in [-0.1, -0.05) is 37.3 Å². The van der Waals surface area contributed by atoms with E-state index in [9.17, 15) is 4.79 Å². The molecule has 0 fully saturated rings. The Labute approximate surface area is 164 Å². The fourth-order valence-corrected chi connectivity index (χ4v) is 3.39. The smallest absolute Gasteiger partial charge is 0.267 e. The minimum absolute atomic E-state index is 0.173. The van der Waals surface area contributed by atoms with Gasteiger partial charge in [-0.2, -0.15) is 0 Å². The summed E-state index contributed by atoms with van der Waals surface area (Å²) >= 11 is 0. The first-order chi connectivity index (χ1) is 13.6. The Balaban J connectivity index is 1.86. The van der Waals surface area contributed by atoms with Crippen molar-refractivity contribution in [3.8, 4) is 17.2 Å². The Morgan fingerprint density at radius 3 is 2.36 bits per heavy atom. The van der Waals surface area contributed by atoms with Crippen LogP contribution in [0.2, 0.25) is 0 Å². The van der Waals surface area contributed by atoms with Gasteiger partial charge in [-0.15, -0.1) is 0 Å². The van der Waals surface area contributed by atoms with Crippen molar-refractivity contribution >= 4 is 16.8 Å². The van der Waals surface area contributed by atoms with Crippen molar-refractivity contribution < 1.29 is 19.0 Å². The Bertz CT molecular complexity index is 950. The van der Waals surface area contributed by atoms with Crippen molar-refractivity contribution in [1.82, 2.24) is 10.3 Å². The van der Waals surface area contributed by atoms with Crippen molar-refractivity contribution in [1.29, 1.82) is 0 Å². The molecule has 1 heterocycles. The second kappa shape index (κ2) is 8.69. The zero-order valence-corrected chi connectivity index (χ0v) is 16.7. The van der Waals surface area contributed by atoms with E-state index in [0.717, 1.165) is 11.8 Å². The van der Waals surface area contributed by atoms with Crippen LogP contribution >= 0.6 is 0 Å². The van der Waals surface area contributed by atoms with E-state index in [2.05, 4.69) is 29.4 Å². The Kier molecular flexibility index (Phi) is 6.09. The average molecular weight is 382 g/mol. The summed E-state index contributed by atoms with van der Waals surface area (Å²) in [5, 5.41) is 3.79. The summed E-state index contributed by atoms with van der Waals surface area (Å²) in [5.74, 6) is 1.77. The summed E-state index contributed by atoms with van der Waals surface area (Å²) in [5.41, 5.74) is 2.33. The van der Waals surface area contributed by atoms with Crippen molar-refractivity contribution in [2.75, 3.05) is 27.9 Å². The summed E-state index contributed by atoms with van der Waals surface area (Å²) in [6, 6.07) is 13.7. The lowest BCUT2D eigenvalue weighted by atomic mass is 9.96. The minimum Gasteiger partial charge on any atom is -0.496 e. The number of methoxy groups -OCH3 is 3. The fraction of sp³-hybridized carbons (Fsp3) is 0.318. The van der Waals surface area contributed by atoms with Gasteiger partial charge in [-0.05, 0) is 18.1 Å². The number of H-pyrrole nitrogens is 1. The number of hydrogen-bond acceptors (Lipinski definition) is 4. The van der Waals surface area contributed by atoms with Gasteiger partial charge in [0.2, 0.25) is 0 Å². The van der Waals surface area contributed by atoms with Gasteiger partial charge in [0.05, 0.1) is 26.8 Å². The molecule has 0 saturated carbocycles. The van der Waals surface area contributed by atoms with Gasteiger partial charge in [0.1, 0.15) is 11.4 Å². The Morgan fingerprint density at radius 2 is 1.75 bits per heavy atom. The molecule has 0 spiro atoms. The summed E-state index contributed by atoms with van der Waals surface area (Å²) in [4.78, 5) is 15.9. The molecule has 0 saturated heterocycles. The SMILES string of the molecule is CC[C@H](CNC(=O)c1cc2c(OC)cc(OC)c(OC)c2[nH]1)c1ccccc1. The normalized spacial score (nSPS) is 11.9. The molecule has 1 atom stereocenters. The first-order valence-electron chi connectivity index (χ1n) is 9.27. The minimum atomic E-state index is -0.173. The van der Waals surface area contributed by atoms with Crippen LogP contribution in [0.25, 0.3) is 10.9 Å². The topological polar surface area (TPSA) is 72.6 Å². The highest BCUT2D eigenvalue weighted by atomic mass is 16.5. The summed E-state index contributed by atoms with van der Waals surface area (Å²) in [7, 11) is 4.71. The zero-order chi connectivity index (χ0) is 20.1. The molecule has 0 bridgehead atoms. The largest absolute Gasteiger partial charge is 0.496 e. The summed E-state index contributed by atoms with van der Waals surface area (Å²) < 4.78 is 16.3. The standard InChI is InChI=1S/C22H26N2O4/c1-5-14(15-9-7-6-8-10-15)13-23-22(25)17-11-16-18(26-2)12-19(27-3)21(28-4)20(16)24-17/h6-12,14,24H,5,13H2,1-4H3,(H,23,25)/t14-/m1/s1. The highest BCUT2D eigenvalue weighted by Gasteiger charge is 2.20. The first-order valence-corrected chi connectivity index (χ1v) is 9.27. The second-order valence-corrected chi connectivity index (χ2v) is 6.51. The number of benzene rings is 2. The van der Waals surface area contributed by atoms with E-state index in [0.29, 0.717) is 35.0 Å². The van der Waals surface area contributed by atoms with Gasteiger partial charge in [0, 0.05) is 23.9 Å². The highest BCUT2D eigenvalue weighted by molar-refractivity contribution is 6.02. The van der Waals surface area contributed by atoms with Gasteiger partial charge in [-0.3, -0.25) is 4.79 Å². The predicted molar refractivity (Wildman–Crippen MR) is 110 cm³/mol. The third-order valence-corrected chi connectivity index (χ3v) is 4.96. The lowest BCUT2D eigenvalue weighted by Gasteiger charge is -2.15. The number of amides is 1. The molecule has 0 aliphatic heterocycles. The van der Waals surface area contributed by atoms with Crippen molar-refractivity contribution in [3.05, 3.63) is 53.7 Å². The molecular formula is C22H26N2O4. The predicted octanol–water partition coefficient (Wildman–Crippen LogP) is 4.12. The van der Waals surface area contributed by atoms with Crippen LogP contribution in [0.4, 0.5) is 0 Å². The van der Waals surface area contributed by atoms with Gasteiger partial charge in [0.25, 0.3) is 5.91 Å². The monoisotopic (exact) mass is 382 g/mol. The molecule has 2 N–H and O–H groups in total. The first kappa shape index (κ1) is 19.6. The molecule has 1 aromatic heterocycles. The Hall–Kier alpha value is -3.15. The molecule has 3 rings (SSSR count). The van der Waals surface area contributed by atoms with Crippen LogP contribution in [0, 0.1) is 0 Å². The van der Waals surface area contributed by atoms with Crippen molar-refractivity contribution in [3.63, 3.8) is 0 Å². The molecular weight excluding hydrogens is 356 g/mol. The molecule has 1 amide bonds. The summed E-state index contributed by atoms with van der Waals surface area (Å²) in [6.07, 6.45) is 0.940. The number of carbonyl (C=O) groups is 1. The van der Waals surface area contributed by atoms with E-state index in [1.807, 2.05) is 18.2 Å². The van der Waals surface area contributed by atoms with Crippen LogP contribution in [-0.2, 0) is 0 Å². The maximum absolute atomic E-state index is 12.8. The third kappa shape index (κ3) is 3.76. The number of rotatable bonds is 8.